The molecule has 1 aromatic carbocycles. The molecule has 1 saturated heterocycles. The maximum Gasteiger partial charge on any atom is 0.239 e. The molecular formula is C20H29N3O2. The lowest BCUT2D eigenvalue weighted by Crippen LogP contribution is -2.40. The summed E-state index contributed by atoms with van der Waals surface area (Å²) in [6.45, 7) is 3.05. The third kappa shape index (κ3) is 5.30. The van der Waals surface area contributed by atoms with E-state index in [1.165, 1.54) is 30.4 Å². The molecule has 2 amide bonds. The van der Waals surface area contributed by atoms with Gasteiger partial charge in [0.1, 0.15) is 0 Å². The molecule has 2 aliphatic rings. The highest BCUT2D eigenvalue weighted by molar-refractivity contribution is 5.85. The molecule has 1 atom stereocenters. The number of amides is 2. The number of hydrogen-bond donors (Lipinski definition) is 2. The van der Waals surface area contributed by atoms with Crippen molar-refractivity contribution >= 4 is 11.8 Å². The quantitative estimate of drug-likeness (QED) is 0.832. The first-order chi connectivity index (χ1) is 12.2. The lowest BCUT2D eigenvalue weighted by molar-refractivity contribution is -0.126. The fourth-order valence-electron chi connectivity index (χ4n) is 3.86. The van der Waals surface area contributed by atoms with Crippen molar-refractivity contribution in [1.29, 1.82) is 0 Å². The van der Waals surface area contributed by atoms with Gasteiger partial charge in [0.15, 0.2) is 0 Å². The first-order valence-corrected chi connectivity index (χ1v) is 9.58. The van der Waals surface area contributed by atoms with Crippen LogP contribution in [0.2, 0.25) is 0 Å². The molecule has 1 aromatic rings. The number of likely N-dealkylation sites (tertiary alicyclic amines) is 1. The molecular weight excluding hydrogens is 314 g/mol. The van der Waals surface area contributed by atoms with Gasteiger partial charge in [0.25, 0.3) is 0 Å². The number of benzene rings is 1. The Morgan fingerprint density at radius 1 is 1.04 bits per heavy atom. The second-order valence-corrected chi connectivity index (χ2v) is 7.14. The summed E-state index contributed by atoms with van der Waals surface area (Å²) >= 11 is 0. The van der Waals surface area contributed by atoms with Gasteiger partial charge < -0.3 is 15.5 Å². The summed E-state index contributed by atoms with van der Waals surface area (Å²) in [5.41, 5.74) is 2.54. The summed E-state index contributed by atoms with van der Waals surface area (Å²) in [4.78, 5) is 26.5. The number of carbonyl (C=O) groups excluding carboxylic acids is 2. The summed E-state index contributed by atoms with van der Waals surface area (Å²) in [5.74, 6) is -0.141. The van der Waals surface area contributed by atoms with Gasteiger partial charge in [-0.25, -0.2) is 0 Å². The molecule has 0 unspecified atom stereocenters. The van der Waals surface area contributed by atoms with Gasteiger partial charge in [-0.1, -0.05) is 30.7 Å². The normalized spacial score (nSPS) is 20.6. The van der Waals surface area contributed by atoms with Gasteiger partial charge in [0.05, 0.1) is 12.6 Å². The van der Waals surface area contributed by atoms with Crippen LogP contribution in [0.5, 0.6) is 0 Å². The van der Waals surface area contributed by atoms with E-state index in [0.717, 1.165) is 38.9 Å². The van der Waals surface area contributed by atoms with Crippen molar-refractivity contribution in [3.05, 3.63) is 35.4 Å². The maximum atomic E-state index is 12.2. The number of fused-ring (bicyclic) bond motifs is 1. The predicted molar refractivity (Wildman–Crippen MR) is 98.2 cm³/mol. The van der Waals surface area contributed by atoms with Crippen molar-refractivity contribution < 1.29 is 9.59 Å². The van der Waals surface area contributed by atoms with Crippen LogP contribution in [0.15, 0.2) is 24.3 Å². The van der Waals surface area contributed by atoms with Crippen LogP contribution in [0.25, 0.3) is 0 Å². The van der Waals surface area contributed by atoms with Gasteiger partial charge in [0, 0.05) is 13.0 Å². The summed E-state index contributed by atoms with van der Waals surface area (Å²) in [6, 6.07) is 8.37. The molecule has 136 valence electrons. The van der Waals surface area contributed by atoms with Crippen LogP contribution in [-0.2, 0) is 16.0 Å². The average Bonchev–Trinajstić information content (AvgIpc) is 2.66. The highest BCUT2D eigenvalue weighted by Crippen LogP contribution is 2.29. The number of nitrogens with zero attached hydrogens (tertiary/aromatic N) is 1. The lowest BCUT2D eigenvalue weighted by atomic mass is 9.88. The van der Waals surface area contributed by atoms with Crippen molar-refractivity contribution in [2.24, 2.45) is 0 Å². The molecule has 3 rings (SSSR count). The average molecular weight is 343 g/mol. The Morgan fingerprint density at radius 3 is 2.68 bits per heavy atom. The zero-order chi connectivity index (χ0) is 17.5. The van der Waals surface area contributed by atoms with E-state index in [9.17, 15) is 9.59 Å². The van der Waals surface area contributed by atoms with Crippen LogP contribution in [0, 0.1) is 0 Å². The number of piperidine rings is 1. The zero-order valence-corrected chi connectivity index (χ0v) is 14.9. The van der Waals surface area contributed by atoms with Gasteiger partial charge in [0.2, 0.25) is 11.8 Å². The van der Waals surface area contributed by atoms with Gasteiger partial charge >= 0.3 is 0 Å². The summed E-state index contributed by atoms with van der Waals surface area (Å²) in [5, 5.41) is 5.83. The molecule has 1 fully saturated rings. The van der Waals surface area contributed by atoms with E-state index in [2.05, 4.69) is 27.7 Å². The van der Waals surface area contributed by atoms with Crippen LogP contribution < -0.4 is 10.6 Å². The molecule has 1 aliphatic heterocycles. The Morgan fingerprint density at radius 2 is 1.84 bits per heavy atom. The van der Waals surface area contributed by atoms with E-state index in [0.29, 0.717) is 6.42 Å². The second kappa shape index (κ2) is 8.99. The van der Waals surface area contributed by atoms with Crippen molar-refractivity contribution in [3.8, 4) is 0 Å². The van der Waals surface area contributed by atoms with Gasteiger partial charge in [-0.3, -0.25) is 9.59 Å². The van der Waals surface area contributed by atoms with Crippen molar-refractivity contribution in [1.82, 2.24) is 15.5 Å². The largest absolute Gasteiger partial charge is 0.348 e. The van der Waals surface area contributed by atoms with Gasteiger partial charge in [-0.15, -0.1) is 0 Å². The molecule has 1 aliphatic carbocycles. The van der Waals surface area contributed by atoms with Crippen LogP contribution in [0.4, 0.5) is 0 Å². The Bertz CT molecular complexity index is 596. The minimum absolute atomic E-state index is 0.0373. The van der Waals surface area contributed by atoms with Gasteiger partial charge in [-0.2, -0.15) is 0 Å². The standard InChI is InChI=1S/C20H29N3O2/c24-19(11-14-23-12-4-1-5-13-23)21-15-20(25)22-18-10-6-8-16-7-2-3-9-17(16)18/h2-3,7,9,18H,1,4-6,8,10-15H2,(H,21,24)(H,22,25)/t18-/m0/s1. The molecule has 0 saturated carbocycles. The van der Waals surface area contributed by atoms with E-state index in [4.69, 9.17) is 0 Å². The first-order valence-electron chi connectivity index (χ1n) is 9.58. The number of hydrogen-bond acceptors (Lipinski definition) is 3. The molecule has 5 nitrogen and oxygen atoms in total. The fraction of sp³-hybridized carbons (Fsp3) is 0.600. The second-order valence-electron chi connectivity index (χ2n) is 7.14. The summed E-state index contributed by atoms with van der Waals surface area (Å²) in [7, 11) is 0. The van der Waals surface area contributed by atoms with Crippen LogP contribution in [0.1, 0.15) is 55.7 Å². The molecule has 0 radical (unpaired) electrons. The minimum atomic E-state index is -0.104. The predicted octanol–water partition coefficient (Wildman–Crippen LogP) is 2.17. The van der Waals surface area contributed by atoms with E-state index >= 15 is 0 Å². The Labute approximate surface area is 150 Å². The molecule has 2 N–H and O–H groups in total. The molecule has 0 spiro atoms. The first kappa shape index (κ1) is 17.9. The molecule has 25 heavy (non-hydrogen) atoms. The molecule has 5 heteroatoms. The van der Waals surface area contributed by atoms with E-state index in [-0.39, 0.29) is 24.4 Å². The lowest BCUT2D eigenvalue weighted by Gasteiger charge is -2.26. The molecule has 0 aromatic heterocycles. The van der Waals surface area contributed by atoms with E-state index in [1.807, 2.05) is 12.1 Å². The minimum Gasteiger partial charge on any atom is -0.348 e. The Kier molecular flexibility index (Phi) is 6.45. The van der Waals surface area contributed by atoms with Crippen LogP contribution in [-0.4, -0.2) is 42.9 Å². The number of rotatable bonds is 6. The third-order valence-electron chi connectivity index (χ3n) is 5.25. The smallest absolute Gasteiger partial charge is 0.239 e. The Hall–Kier alpha value is -1.88. The van der Waals surface area contributed by atoms with E-state index < -0.39 is 0 Å². The number of nitrogens with one attached hydrogen (secondary N) is 2. The highest BCUT2D eigenvalue weighted by Gasteiger charge is 2.21. The highest BCUT2D eigenvalue weighted by atomic mass is 16.2. The number of aryl methyl sites for hydroxylation is 1. The number of carbonyl (C=O) groups is 2. The molecule has 1 heterocycles. The van der Waals surface area contributed by atoms with Crippen LogP contribution in [0.3, 0.4) is 0 Å². The molecule has 0 bridgehead atoms. The van der Waals surface area contributed by atoms with Crippen molar-refractivity contribution in [3.63, 3.8) is 0 Å². The SMILES string of the molecule is O=C(CCN1CCCCC1)NCC(=O)N[C@H]1CCCc2ccccc21. The monoisotopic (exact) mass is 343 g/mol. The van der Waals surface area contributed by atoms with Crippen LogP contribution >= 0.6 is 0 Å². The topological polar surface area (TPSA) is 61.4 Å². The van der Waals surface area contributed by atoms with Crippen molar-refractivity contribution in [2.45, 2.75) is 51.0 Å². The maximum absolute atomic E-state index is 12.2. The summed E-state index contributed by atoms with van der Waals surface area (Å²) in [6.07, 6.45) is 7.36. The fourth-order valence-corrected chi connectivity index (χ4v) is 3.86. The van der Waals surface area contributed by atoms with Crippen molar-refractivity contribution in [2.75, 3.05) is 26.2 Å². The summed E-state index contributed by atoms with van der Waals surface area (Å²) < 4.78 is 0. The third-order valence-corrected chi connectivity index (χ3v) is 5.25. The Balaban J connectivity index is 1.39. The zero-order valence-electron chi connectivity index (χ0n) is 14.9. The van der Waals surface area contributed by atoms with Gasteiger partial charge in [-0.05, 0) is 56.3 Å². The van der Waals surface area contributed by atoms with E-state index in [1.54, 1.807) is 0 Å².